The maximum Gasteiger partial charge on any atom is 0.238 e. The number of fused-ring (bicyclic) bond motifs is 9. The van der Waals surface area contributed by atoms with Crippen molar-refractivity contribution in [2.45, 2.75) is 5.41 Å². The lowest BCUT2D eigenvalue weighted by atomic mass is 9.71. The van der Waals surface area contributed by atoms with Gasteiger partial charge in [-0.2, -0.15) is 9.97 Å². The van der Waals surface area contributed by atoms with E-state index in [1.807, 2.05) is 18.2 Å². The molecule has 3 aromatic heterocycles. The fourth-order valence-electron chi connectivity index (χ4n) is 9.23. The summed E-state index contributed by atoms with van der Waals surface area (Å²) >= 11 is 0. The van der Waals surface area contributed by atoms with Crippen LogP contribution in [-0.4, -0.2) is 19.5 Å². The lowest BCUT2D eigenvalue weighted by molar-refractivity contribution is 0.668. The van der Waals surface area contributed by atoms with Crippen molar-refractivity contribution in [1.29, 1.82) is 0 Å². The summed E-state index contributed by atoms with van der Waals surface area (Å²) in [6.45, 7) is 0. The number of para-hydroxylation sites is 2. The number of nitrogens with zero attached hydrogens (tertiary/aromatic N) is 4. The van der Waals surface area contributed by atoms with E-state index >= 15 is 0 Å². The first-order chi connectivity index (χ1) is 28.3. The van der Waals surface area contributed by atoms with Crippen molar-refractivity contribution in [3.8, 4) is 39.6 Å². The molecular formula is C52H32N4O. The summed E-state index contributed by atoms with van der Waals surface area (Å²) in [6.07, 6.45) is 0. The number of hydrogen-bond donors (Lipinski definition) is 0. The summed E-state index contributed by atoms with van der Waals surface area (Å²) in [7, 11) is 0. The van der Waals surface area contributed by atoms with Gasteiger partial charge in [0.15, 0.2) is 11.6 Å². The van der Waals surface area contributed by atoms with Crippen LogP contribution < -0.4 is 0 Å². The van der Waals surface area contributed by atoms with Gasteiger partial charge in [0.05, 0.1) is 11.0 Å². The van der Waals surface area contributed by atoms with Crippen LogP contribution in [-0.2, 0) is 5.41 Å². The third kappa shape index (κ3) is 4.60. The SMILES string of the molecule is c1ccc(-c2ccc3c(c2)c2ccccc2n3-c2nc(-c3ccc4c(c3)oc3ccccc34)nc(C3(c4ccccc4)c4ccccc4-c4ccccc43)n2)cc1. The van der Waals surface area contributed by atoms with Gasteiger partial charge in [-0.15, -0.1) is 0 Å². The summed E-state index contributed by atoms with van der Waals surface area (Å²) in [5, 5.41) is 4.40. The molecule has 0 saturated heterocycles. The summed E-state index contributed by atoms with van der Waals surface area (Å²) in [5.74, 6) is 1.78. The Labute approximate surface area is 328 Å². The van der Waals surface area contributed by atoms with E-state index in [-0.39, 0.29) is 0 Å². The first kappa shape index (κ1) is 31.7. The van der Waals surface area contributed by atoms with Gasteiger partial charge >= 0.3 is 0 Å². The lowest BCUT2D eigenvalue weighted by Gasteiger charge is -2.32. The second-order valence-electron chi connectivity index (χ2n) is 14.7. The summed E-state index contributed by atoms with van der Waals surface area (Å²) in [5.41, 5.74) is 11.8. The average molecular weight is 729 g/mol. The molecule has 266 valence electrons. The molecule has 57 heavy (non-hydrogen) atoms. The predicted molar refractivity (Wildman–Crippen MR) is 230 cm³/mol. The summed E-state index contributed by atoms with van der Waals surface area (Å²) in [4.78, 5) is 16.6. The van der Waals surface area contributed by atoms with Gasteiger partial charge in [0.25, 0.3) is 0 Å². The van der Waals surface area contributed by atoms with Crippen LogP contribution in [0.5, 0.6) is 0 Å². The van der Waals surface area contributed by atoms with Crippen molar-refractivity contribution in [3.63, 3.8) is 0 Å². The Bertz CT molecular complexity index is 3320. The maximum absolute atomic E-state index is 6.42. The second kappa shape index (κ2) is 12.2. The number of furan rings is 1. The topological polar surface area (TPSA) is 56.7 Å². The number of aromatic nitrogens is 4. The average Bonchev–Trinajstić information content (AvgIpc) is 3.93. The lowest BCUT2D eigenvalue weighted by Crippen LogP contribution is -2.32. The molecule has 1 aliphatic rings. The molecule has 0 unspecified atom stereocenters. The van der Waals surface area contributed by atoms with Crippen molar-refractivity contribution >= 4 is 43.7 Å². The molecule has 0 atom stereocenters. The van der Waals surface area contributed by atoms with E-state index in [0.29, 0.717) is 17.6 Å². The van der Waals surface area contributed by atoms with Crippen molar-refractivity contribution in [1.82, 2.24) is 19.5 Å². The smallest absolute Gasteiger partial charge is 0.238 e. The number of rotatable bonds is 5. The Morgan fingerprint density at radius 3 is 1.81 bits per heavy atom. The van der Waals surface area contributed by atoms with Gasteiger partial charge in [-0.1, -0.05) is 158 Å². The van der Waals surface area contributed by atoms with Crippen LogP contribution in [0, 0.1) is 0 Å². The molecule has 5 nitrogen and oxygen atoms in total. The van der Waals surface area contributed by atoms with E-state index in [4.69, 9.17) is 19.4 Å². The molecule has 0 amide bonds. The molecule has 0 N–H and O–H groups in total. The standard InChI is InChI=1S/C52H32N4O/c1-3-15-33(16-4-1)34-28-30-46-42(31-34)39-21-9-13-25-45(39)56(46)51-54-49(35-27-29-41-40-22-10-14-26-47(40)57-48(41)32-35)53-50(55-51)52(36-17-5-2-6-18-36)43-23-11-7-19-37(43)38-20-8-12-24-44(38)52/h1-32H. The van der Waals surface area contributed by atoms with E-state index in [2.05, 4.69) is 180 Å². The van der Waals surface area contributed by atoms with Crippen molar-refractivity contribution in [3.05, 3.63) is 217 Å². The van der Waals surface area contributed by atoms with Crippen LogP contribution in [0.3, 0.4) is 0 Å². The van der Waals surface area contributed by atoms with Gasteiger partial charge in [0, 0.05) is 27.1 Å². The Morgan fingerprint density at radius 2 is 1.02 bits per heavy atom. The minimum absolute atomic E-state index is 0.551. The van der Waals surface area contributed by atoms with Crippen LogP contribution in [0.2, 0.25) is 0 Å². The zero-order chi connectivity index (χ0) is 37.5. The van der Waals surface area contributed by atoms with E-state index < -0.39 is 5.41 Å². The van der Waals surface area contributed by atoms with Gasteiger partial charge in [-0.05, 0) is 75.3 Å². The highest BCUT2D eigenvalue weighted by Crippen LogP contribution is 2.55. The van der Waals surface area contributed by atoms with Crippen molar-refractivity contribution in [2.24, 2.45) is 0 Å². The largest absolute Gasteiger partial charge is 0.456 e. The van der Waals surface area contributed by atoms with Crippen LogP contribution in [0.25, 0.3) is 83.3 Å². The number of hydrogen-bond acceptors (Lipinski definition) is 4. The molecule has 1 aliphatic carbocycles. The Hall–Kier alpha value is -7.63. The molecule has 8 aromatic carbocycles. The Kier molecular flexibility index (Phi) is 6.78. The van der Waals surface area contributed by atoms with Gasteiger partial charge < -0.3 is 4.42 Å². The van der Waals surface area contributed by atoms with Gasteiger partial charge in [0.1, 0.15) is 16.6 Å². The quantitative estimate of drug-likeness (QED) is 0.177. The third-order valence-electron chi connectivity index (χ3n) is 11.7. The van der Waals surface area contributed by atoms with E-state index in [1.165, 1.54) is 16.7 Å². The molecule has 12 rings (SSSR count). The van der Waals surface area contributed by atoms with Gasteiger partial charge in [-0.3, -0.25) is 4.57 Å². The van der Waals surface area contributed by atoms with E-state index in [0.717, 1.165) is 71.6 Å². The first-order valence-electron chi connectivity index (χ1n) is 19.3. The minimum atomic E-state index is -0.830. The molecule has 0 fully saturated rings. The van der Waals surface area contributed by atoms with Crippen molar-refractivity contribution < 1.29 is 4.42 Å². The molecule has 3 heterocycles. The number of benzene rings is 8. The van der Waals surface area contributed by atoms with Gasteiger partial charge in [0.2, 0.25) is 5.95 Å². The predicted octanol–water partition coefficient (Wildman–Crippen LogP) is 12.6. The fraction of sp³-hybridized carbons (Fsp3) is 0.0192. The monoisotopic (exact) mass is 728 g/mol. The van der Waals surface area contributed by atoms with Crippen LogP contribution >= 0.6 is 0 Å². The van der Waals surface area contributed by atoms with E-state index in [9.17, 15) is 0 Å². The Morgan fingerprint density at radius 1 is 0.404 bits per heavy atom. The minimum Gasteiger partial charge on any atom is -0.456 e. The highest BCUT2D eigenvalue weighted by Gasteiger charge is 2.49. The molecular weight excluding hydrogens is 697 g/mol. The second-order valence-corrected chi connectivity index (χ2v) is 14.7. The van der Waals surface area contributed by atoms with E-state index in [1.54, 1.807) is 0 Å². The highest BCUT2D eigenvalue weighted by atomic mass is 16.3. The summed E-state index contributed by atoms with van der Waals surface area (Å²) < 4.78 is 8.62. The molecule has 0 saturated carbocycles. The molecule has 0 bridgehead atoms. The maximum atomic E-state index is 6.42. The van der Waals surface area contributed by atoms with Gasteiger partial charge in [-0.25, -0.2) is 4.98 Å². The van der Waals surface area contributed by atoms with Crippen LogP contribution in [0.1, 0.15) is 22.5 Å². The normalized spacial score (nSPS) is 13.1. The van der Waals surface area contributed by atoms with Crippen molar-refractivity contribution in [2.75, 3.05) is 0 Å². The Balaban J connectivity index is 1.19. The zero-order valence-electron chi connectivity index (χ0n) is 30.7. The molecule has 0 radical (unpaired) electrons. The van der Waals surface area contributed by atoms with Crippen LogP contribution in [0.15, 0.2) is 199 Å². The summed E-state index contributed by atoms with van der Waals surface area (Å²) in [6, 6.07) is 68.3. The molecule has 5 heteroatoms. The fourth-order valence-corrected chi connectivity index (χ4v) is 9.23. The third-order valence-corrected chi connectivity index (χ3v) is 11.7. The van der Waals surface area contributed by atoms with Crippen LogP contribution in [0.4, 0.5) is 0 Å². The first-order valence-corrected chi connectivity index (χ1v) is 19.3. The highest BCUT2D eigenvalue weighted by molar-refractivity contribution is 6.10. The molecule has 0 spiro atoms. The molecule has 11 aromatic rings. The molecule has 0 aliphatic heterocycles. The zero-order valence-corrected chi connectivity index (χ0v) is 30.7.